The van der Waals surface area contributed by atoms with Crippen LogP contribution < -0.4 is 0 Å². The Bertz CT molecular complexity index is 367. The number of hydrogen-bond acceptors (Lipinski definition) is 2. The van der Waals surface area contributed by atoms with Crippen LogP contribution in [0.2, 0.25) is 0 Å². The quantitative estimate of drug-likeness (QED) is 0.801. The molecule has 0 fully saturated rings. The first-order chi connectivity index (χ1) is 9.37. The highest BCUT2D eigenvalue weighted by atomic mass is 16.5. The summed E-state index contributed by atoms with van der Waals surface area (Å²) in [6, 6.07) is 8.01. The smallest absolute Gasteiger partial charge is 0.106 e. The van der Waals surface area contributed by atoms with E-state index in [-0.39, 0.29) is 5.60 Å². The fourth-order valence-corrected chi connectivity index (χ4v) is 0.824. The van der Waals surface area contributed by atoms with Crippen molar-refractivity contribution in [3.8, 4) is 0 Å². The molecule has 0 atom stereocenters. The van der Waals surface area contributed by atoms with Crippen molar-refractivity contribution in [3.05, 3.63) is 48.5 Å². The largest absolute Gasteiger partial charge is 0.379 e. The number of aromatic nitrogens is 2. The molecule has 0 radical (unpaired) electrons. The number of rotatable bonds is 0. The number of carbonyl (C=O) groups excluding carboxylic acids is 1. The third kappa shape index (κ3) is 14.3. The number of carbonyl (C=O) groups is 1. The van der Waals surface area contributed by atoms with Gasteiger partial charge in [0.15, 0.2) is 0 Å². The monoisotopic (exact) mass is 280 g/mol. The van der Waals surface area contributed by atoms with Crippen LogP contribution in [-0.2, 0) is 16.6 Å². The summed E-state index contributed by atoms with van der Waals surface area (Å²) in [4.78, 5) is 10.9. The molecule has 114 valence electrons. The second-order valence-electron chi connectivity index (χ2n) is 4.96. The number of ether oxygens (including phenoxy) is 1. The van der Waals surface area contributed by atoms with E-state index in [4.69, 9.17) is 9.53 Å². The molecule has 20 heavy (non-hydrogen) atoms. The summed E-state index contributed by atoms with van der Waals surface area (Å²) in [5.74, 6) is 0. The summed E-state index contributed by atoms with van der Waals surface area (Å²) >= 11 is 0. The summed E-state index contributed by atoms with van der Waals surface area (Å²) in [5, 5.41) is 0. The lowest BCUT2D eigenvalue weighted by atomic mass is 10.2. The number of hydrogen-bond donors (Lipinski definition) is 1. The Hall–Kier alpha value is -1.81. The van der Waals surface area contributed by atoms with E-state index in [1.165, 1.54) is 5.69 Å². The van der Waals surface area contributed by atoms with Gasteiger partial charge in [0, 0.05) is 38.4 Å². The lowest BCUT2D eigenvalue weighted by molar-refractivity contribution is -0.0979. The topological polar surface area (TPSA) is 47.0 Å². The Balaban J connectivity index is 0. The molecule has 0 aliphatic carbocycles. The summed E-state index contributed by atoms with van der Waals surface area (Å²) in [6.07, 6.45) is 5.79. The molecule has 2 rings (SSSR count). The molecule has 0 saturated carbocycles. The standard InChI is InChI=1S/C6H9N.C5H12O.C4H5N.CH2O/c1-6-4-3-5-7(6)2;1-5(2,3)6-4;1-2-4-5-3-1;1-2/h3-5H,1-2H3;1-4H3;1-5H;1H2. The maximum absolute atomic E-state index is 8.00. The maximum Gasteiger partial charge on any atom is 0.106 e. The minimum Gasteiger partial charge on any atom is -0.379 e. The summed E-state index contributed by atoms with van der Waals surface area (Å²) < 4.78 is 7.02. The molecule has 0 unspecified atom stereocenters. The zero-order valence-corrected chi connectivity index (χ0v) is 13.5. The van der Waals surface area contributed by atoms with Gasteiger partial charge in [0.25, 0.3) is 0 Å². The molecule has 4 nitrogen and oxygen atoms in total. The van der Waals surface area contributed by atoms with E-state index in [2.05, 4.69) is 22.5 Å². The van der Waals surface area contributed by atoms with Crippen molar-refractivity contribution < 1.29 is 9.53 Å². The first-order valence-electron chi connectivity index (χ1n) is 6.36. The first-order valence-corrected chi connectivity index (χ1v) is 6.36. The Morgan fingerprint density at radius 2 is 1.60 bits per heavy atom. The number of H-pyrrole nitrogens is 1. The van der Waals surface area contributed by atoms with Gasteiger partial charge in [0.05, 0.1) is 5.60 Å². The second kappa shape index (κ2) is 12.2. The van der Waals surface area contributed by atoms with Gasteiger partial charge in [-0.15, -0.1) is 0 Å². The van der Waals surface area contributed by atoms with Crippen molar-refractivity contribution in [1.29, 1.82) is 0 Å². The van der Waals surface area contributed by atoms with E-state index in [1.807, 2.05) is 71.4 Å². The van der Waals surface area contributed by atoms with Gasteiger partial charge in [0.2, 0.25) is 0 Å². The van der Waals surface area contributed by atoms with Crippen molar-refractivity contribution in [2.24, 2.45) is 7.05 Å². The number of methoxy groups -OCH3 is 1. The fraction of sp³-hybridized carbons (Fsp3) is 0.438. The van der Waals surface area contributed by atoms with E-state index in [1.54, 1.807) is 7.11 Å². The summed E-state index contributed by atoms with van der Waals surface area (Å²) in [5.41, 5.74) is 1.35. The average molecular weight is 280 g/mol. The van der Waals surface area contributed by atoms with Gasteiger partial charge < -0.3 is 19.1 Å². The molecule has 1 N–H and O–H groups in total. The van der Waals surface area contributed by atoms with E-state index in [0.29, 0.717) is 0 Å². The van der Waals surface area contributed by atoms with Crippen molar-refractivity contribution in [2.45, 2.75) is 33.3 Å². The van der Waals surface area contributed by atoms with E-state index in [9.17, 15) is 0 Å². The van der Waals surface area contributed by atoms with Crippen molar-refractivity contribution in [1.82, 2.24) is 9.55 Å². The van der Waals surface area contributed by atoms with Crippen LogP contribution in [0.4, 0.5) is 0 Å². The van der Waals surface area contributed by atoms with Crippen molar-refractivity contribution in [2.75, 3.05) is 7.11 Å². The number of nitrogens with zero attached hydrogens (tertiary/aromatic N) is 1. The van der Waals surface area contributed by atoms with Crippen LogP contribution in [0.25, 0.3) is 0 Å². The normalized spacial score (nSPS) is 9.10. The average Bonchev–Trinajstić information content (AvgIpc) is 3.09. The highest BCUT2D eigenvalue weighted by molar-refractivity contribution is 5.11. The van der Waals surface area contributed by atoms with Gasteiger partial charge in [-0.2, -0.15) is 0 Å². The number of nitrogens with one attached hydrogen (secondary N) is 1. The fourth-order valence-electron chi connectivity index (χ4n) is 0.824. The van der Waals surface area contributed by atoms with Crippen LogP contribution >= 0.6 is 0 Å². The van der Waals surface area contributed by atoms with Crippen LogP contribution in [0.1, 0.15) is 26.5 Å². The van der Waals surface area contributed by atoms with Crippen LogP contribution in [0.5, 0.6) is 0 Å². The predicted octanol–water partition coefficient (Wildman–Crippen LogP) is 3.59. The van der Waals surface area contributed by atoms with Crippen LogP contribution in [-0.4, -0.2) is 29.1 Å². The van der Waals surface area contributed by atoms with Gasteiger partial charge in [-0.1, -0.05) is 0 Å². The van der Waals surface area contributed by atoms with Crippen molar-refractivity contribution in [3.63, 3.8) is 0 Å². The minimum atomic E-state index is 0.0417. The third-order valence-electron chi connectivity index (χ3n) is 2.31. The molecular weight excluding hydrogens is 252 g/mol. The highest BCUT2D eigenvalue weighted by Gasteiger charge is 2.03. The van der Waals surface area contributed by atoms with Crippen molar-refractivity contribution >= 4 is 6.79 Å². The summed E-state index contributed by atoms with van der Waals surface area (Å²) in [7, 11) is 3.75. The zero-order chi connectivity index (χ0) is 16.0. The van der Waals surface area contributed by atoms with E-state index < -0.39 is 0 Å². The predicted molar refractivity (Wildman–Crippen MR) is 84.8 cm³/mol. The molecule has 0 aromatic carbocycles. The van der Waals surface area contributed by atoms with Crippen LogP contribution in [0.15, 0.2) is 42.9 Å². The minimum absolute atomic E-state index is 0.0417. The van der Waals surface area contributed by atoms with Crippen LogP contribution in [0.3, 0.4) is 0 Å². The van der Waals surface area contributed by atoms with Crippen LogP contribution in [0, 0.1) is 6.92 Å². The Kier molecular flexibility index (Phi) is 12.5. The molecule has 0 aliphatic rings. The van der Waals surface area contributed by atoms with Gasteiger partial charge in [0.1, 0.15) is 6.79 Å². The number of aromatic amines is 1. The van der Waals surface area contributed by atoms with Gasteiger partial charge in [-0.05, 0) is 52.0 Å². The molecule has 2 aromatic heterocycles. The molecule has 0 spiro atoms. The number of aryl methyl sites for hydroxylation is 2. The van der Waals surface area contributed by atoms with E-state index in [0.717, 1.165) is 0 Å². The summed E-state index contributed by atoms with van der Waals surface area (Å²) in [6.45, 7) is 10.1. The highest BCUT2D eigenvalue weighted by Crippen LogP contribution is 2.02. The maximum atomic E-state index is 8.00. The van der Waals surface area contributed by atoms with Gasteiger partial charge >= 0.3 is 0 Å². The first kappa shape index (κ1) is 20.5. The Morgan fingerprint density at radius 3 is 1.70 bits per heavy atom. The molecule has 0 aliphatic heterocycles. The van der Waals surface area contributed by atoms with E-state index >= 15 is 0 Å². The lowest BCUT2D eigenvalue weighted by Gasteiger charge is -2.14. The third-order valence-corrected chi connectivity index (χ3v) is 2.31. The Labute approximate surface area is 122 Å². The molecular formula is C16H28N2O2. The van der Waals surface area contributed by atoms with Gasteiger partial charge in [-0.3, -0.25) is 0 Å². The van der Waals surface area contributed by atoms with Gasteiger partial charge in [-0.25, -0.2) is 0 Å². The second-order valence-corrected chi connectivity index (χ2v) is 4.96. The lowest BCUT2D eigenvalue weighted by Crippen LogP contribution is -2.15. The SMILES string of the molecule is C=O.COC(C)(C)C.Cc1cccn1C.c1cc[nH]c1. The molecule has 0 saturated heterocycles. The molecule has 0 amide bonds. The zero-order valence-electron chi connectivity index (χ0n) is 13.5. The molecule has 0 bridgehead atoms. The molecule has 2 heterocycles. The Morgan fingerprint density at radius 1 is 1.15 bits per heavy atom. The molecule has 2 aromatic rings. The molecule has 4 heteroatoms.